The summed E-state index contributed by atoms with van der Waals surface area (Å²) in [6, 6.07) is 6.96. The third-order valence-electron chi connectivity index (χ3n) is 4.26. The molecule has 0 saturated heterocycles. The van der Waals surface area contributed by atoms with Crippen LogP contribution in [0.5, 0.6) is 0 Å². The van der Waals surface area contributed by atoms with Crippen LogP contribution in [-0.4, -0.2) is 52.3 Å². The number of anilines is 2. The smallest absolute Gasteiger partial charge is 0.306 e. The summed E-state index contributed by atoms with van der Waals surface area (Å²) >= 11 is 0.367. The van der Waals surface area contributed by atoms with Crippen LogP contribution in [0.1, 0.15) is 10.4 Å². The first-order chi connectivity index (χ1) is 16.1. The number of nitrogens with one attached hydrogen (secondary N) is 2. The van der Waals surface area contributed by atoms with E-state index in [1.165, 1.54) is 18.5 Å². The standard InChI is InChI=1S/C22H21F3N6O2S/c1-31(2)8-4-7-19(32)29-18-13-26-16(11-27-18)15-6-3-5-14(9-15)10-20(33)30-21-28-12-17(34-21)22(23,24)25/h3-7,9,11-13H,8,10H2,1-2H3,(H,27,29,32)(H,28,30,33)/b7-4+. The number of aromatic nitrogens is 3. The Morgan fingerprint density at radius 1 is 1.09 bits per heavy atom. The molecule has 0 fully saturated rings. The first kappa shape index (κ1) is 25.0. The highest BCUT2D eigenvalue weighted by atomic mass is 32.1. The van der Waals surface area contributed by atoms with E-state index in [1.54, 1.807) is 30.3 Å². The second-order valence-corrected chi connectivity index (χ2v) is 8.42. The van der Waals surface area contributed by atoms with Gasteiger partial charge in [0.1, 0.15) is 4.88 Å². The number of alkyl halides is 3. The van der Waals surface area contributed by atoms with Crippen LogP contribution in [0, 0.1) is 0 Å². The summed E-state index contributed by atoms with van der Waals surface area (Å²) in [7, 11) is 3.78. The van der Waals surface area contributed by atoms with Crippen molar-refractivity contribution in [3.63, 3.8) is 0 Å². The first-order valence-electron chi connectivity index (χ1n) is 9.96. The summed E-state index contributed by atoms with van der Waals surface area (Å²) < 4.78 is 38.0. The van der Waals surface area contributed by atoms with E-state index in [-0.39, 0.29) is 17.5 Å². The Balaban J connectivity index is 1.60. The molecule has 0 aliphatic rings. The summed E-state index contributed by atoms with van der Waals surface area (Å²) in [4.78, 5) is 37.3. The molecule has 8 nitrogen and oxygen atoms in total. The number of likely N-dealkylation sites (N-methyl/N-ethyl adjacent to an activating group) is 1. The van der Waals surface area contributed by atoms with Gasteiger partial charge in [0.25, 0.3) is 0 Å². The van der Waals surface area contributed by atoms with Gasteiger partial charge in [-0.3, -0.25) is 14.6 Å². The van der Waals surface area contributed by atoms with Crippen LogP contribution in [-0.2, 0) is 22.2 Å². The first-order valence-corrected chi connectivity index (χ1v) is 10.8. The minimum absolute atomic E-state index is 0.0599. The fourth-order valence-electron chi connectivity index (χ4n) is 2.73. The number of hydrogen-bond acceptors (Lipinski definition) is 7. The Morgan fingerprint density at radius 2 is 1.88 bits per heavy atom. The molecule has 0 atom stereocenters. The average Bonchev–Trinajstić information content (AvgIpc) is 3.23. The molecular weight excluding hydrogens is 469 g/mol. The fraction of sp³-hybridized carbons (Fsp3) is 0.227. The number of hydrogen-bond donors (Lipinski definition) is 2. The van der Waals surface area contributed by atoms with E-state index >= 15 is 0 Å². The number of amides is 2. The Bertz CT molecular complexity index is 1180. The maximum atomic E-state index is 12.7. The van der Waals surface area contributed by atoms with E-state index in [2.05, 4.69) is 25.6 Å². The van der Waals surface area contributed by atoms with Gasteiger partial charge < -0.3 is 15.5 Å². The van der Waals surface area contributed by atoms with Crippen molar-refractivity contribution < 1.29 is 22.8 Å². The SMILES string of the molecule is CN(C)C/C=C/C(=O)Nc1cnc(-c2cccc(CC(=O)Nc3ncc(C(F)(F)F)s3)c2)cn1. The second-order valence-electron chi connectivity index (χ2n) is 7.39. The molecule has 3 aromatic rings. The zero-order valence-electron chi connectivity index (χ0n) is 18.3. The number of thiazole rings is 1. The lowest BCUT2D eigenvalue weighted by Gasteiger charge is -2.07. The molecule has 2 N–H and O–H groups in total. The Kier molecular flexibility index (Phi) is 8.08. The molecule has 0 aliphatic carbocycles. The van der Waals surface area contributed by atoms with Crippen LogP contribution in [0.4, 0.5) is 24.1 Å². The van der Waals surface area contributed by atoms with E-state index in [0.717, 1.165) is 0 Å². The van der Waals surface area contributed by atoms with E-state index in [4.69, 9.17) is 0 Å². The van der Waals surface area contributed by atoms with Crippen molar-refractivity contribution in [2.45, 2.75) is 12.6 Å². The molecule has 0 unspecified atom stereocenters. The monoisotopic (exact) mass is 490 g/mol. The van der Waals surface area contributed by atoms with E-state index in [0.29, 0.717) is 46.7 Å². The maximum absolute atomic E-state index is 12.7. The Labute approximate surface area is 197 Å². The zero-order valence-corrected chi connectivity index (χ0v) is 19.1. The predicted molar refractivity (Wildman–Crippen MR) is 123 cm³/mol. The van der Waals surface area contributed by atoms with Crippen molar-refractivity contribution in [2.24, 2.45) is 0 Å². The molecule has 0 bridgehead atoms. The number of rotatable bonds is 8. The minimum Gasteiger partial charge on any atom is -0.306 e. The van der Waals surface area contributed by atoms with Gasteiger partial charge in [-0.25, -0.2) is 9.97 Å². The highest BCUT2D eigenvalue weighted by Crippen LogP contribution is 2.35. The normalized spacial score (nSPS) is 11.7. The van der Waals surface area contributed by atoms with Gasteiger partial charge >= 0.3 is 6.18 Å². The van der Waals surface area contributed by atoms with Crippen molar-refractivity contribution in [2.75, 3.05) is 31.3 Å². The van der Waals surface area contributed by atoms with Crippen molar-refractivity contribution in [1.82, 2.24) is 19.9 Å². The number of nitrogens with zero attached hydrogens (tertiary/aromatic N) is 4. The van der Waals surface area contributed by atoms with E-state index in [1.807, 2.05) is 19.0 Å². The third-order valence-corrected chi connectivity index (χ3v) is 5.22. The third kappa shape index (κ3) is 7.46. The van der Waals surface area contributed by atoms with Crippen LogP contribution in [0.25, 0.3) is 11.3 Å². The molecule has 12 heteroatoms. The van der Waals surface area contributed by atoms with Crippen LogP contribution in [0.15, 0.2) is 55.0 Å². The molecule has 178 valence electrons. The molecule has 3 rings (SSSR count). The number of carbonyl (C=O) groups excluding carboxylic acids is 2. The highest BCUT2D eigenvalue weighted by molar-refractivity contribution is 7.15. The van der Waals surface area contributed by atoms with Gasteiger partial charge in [0, 0.05) is 18.2 Å². The lowest BCUT2D eigenvalue weighted by Crippen LogP contribution is -2.14. The minimum atomic E-state index is -4.50. The summed E-state index contributed by atoms with van der Waals surface area (Å²) in [5.74, 6) is -0.522. The van der Waals surface area contributed by atoms with Crippen LogP contribution >= 0.6 is 11.3 Å². The van der Waals surface area contributed by atoms with Gasteiger partial charge in [-0.15, -0.1) is 0 Å². The molecular formula is C22H21F3N6O2S. The van der Waals surface area contributed by atoms with E-state index in [9.17, 15) is 22.8 Å². The topological polar surface area (TPSA) is 100 Å². The van der Waals surface area contributed by atoms with Gasteiger partial charge in [0.05, 0.1) is 30.7 Å². The van der Waals surface area contributed by atoms with Crippen molar-refractivity contribution in [3.05, 3.63) is 65.4 Å². The van der Waals surface area contributed by atoms with Crippen molar-refractivity contribution in [3.8, 4) is 11.3 Å². The summed E-state index contributed by atoms with van der Waals surface area (Å²) in [5, 5.41) is 4.88. The zero-order chi connectivity index (χ0) is 24.7. The molecule has 2 aromatic heterocycles. The molecule has 0 spiro atoms. The fourth-order valence-corrected chi connectivity index (χ4v) is 3.43. The summed E-state index contributed by atoms with van der Waals surface area (Å²) in [6.07, 6.45) is 2.18. The average molecular weight is 491 g/mol. The highest BCUT2D eigenvalue weighted by Gasteiger charge is 2.33. The van der Waals surface area contributed by atoms with Gasteiger partial charge in [-0.1, -0.05) is 35.6 Å². The lowest BCUT2D eigenvalue weighted by molar-refractivity contribution is -0.134. The van der Waals surface area contributed by atoms with Crippen LogP contribution in [0.3, 0.4) is 0 Å². The summed E-state index contributed by atoms with van der Waals surface area (Å²) in [5.41, 5.74) is 1.85. The number of carbonyl (C=O) groups is 2. The Morgan fingerprint density at radius 3 is 2.53 bits per heavy atom. The molecule has 1 aromatic carbocycles. The van der Waals surface area contributed by atoms with Gasteiger partial charge in [0.15, 0.2) is 10.9 Å². The number of halogens is 3. The quantitative estimate of drug-likeness (QED) is 0.465. The predicted octanol–water partition coefficient (Wildman–Crippen LogP) is 3.86. The maximum Gasteiger partial charge on any atom is 0.427 e. The molecule has 0 saturated carbocycles. The molecule has 2 heterocycles. The van der Waals surface area contributed by atoms with Crippen LogP contribution in [0.2, 0.25) is 0 Å². The van der Waals surface area contributed by atoms with Crippen LogP contribution < -0.4 is 10.6 Å². The van der Waals surface area contributed by atoms with Gasteiger partial charge in [-0.05, 0) is 25.7 Å². The molecule has 2 amide bonds. The molecule has 0 aliphatic heterocycles. The number of benzene rings is 1. The van der Waals surface area contributed by atoms with Crippen molar-refractivity contribution >= 4 is 34.1 Å². The van der Waals surface area contributed by atoms with E-state index < -0.39 is 17.0 Å². The summed E-state index contributed by atoms with van der Waals surface area (Å²) in [6.45, 7) is 0.630. The lowest BCUT2D eigenvalue weighted by atomic mass is 10.1. The van der Waals surface area contributed by atoms with Gasteiger partial charge in [-0.2, -0.15) is 13.2 Å². The van der Waals surface area contributed by atoms with Crippen molar-refractivity contribution in [1.29, 1.82) is 0 Å². The molecule has 0 radical (unpaired) electrons. The largest absolute Gasteiger partial charge is 0.427 e. The molecule has 34 heavy (non-hydrogen) atoms. The van der Waals surface area contributed by atoms with Gasteiger partial charge in [0.2, 0.25) is 11.8 Å². The second kappa shape index (κ2) is 11.0. The Hall–Kier alpha value is -3.64.